The molecule has 0 bridgehead atoms. The Balaban J connectivity index is 3.21. The van der Waals surface area contributed by atoms with Crippen LogP contribution in [-0.4, -0.2) is 4.92 Å². The van der Waals surface area contributed by atoms with E-state index in [1.54, 1.807) is 12.1 Å². The van der Waals surface area contributed by atoms with Crippen molar-refractivity contribution in [3.8, 4) is 0 Å². The Labute approximate surface area is 79.1 Å². The van der Waals surface area contributed by atoms with E-state index in [1.807, 2.05) is 13.0 Å². The highest BCUT2D eigenvalue weighted by Crippen LogP contribution is 2.31. The largest absolute Gasteiger partial charge is 0.283 e. The fourth-order valence-corrected chi connectivity index (χ4v) is 1.67. The maximum Gasteiger partial charge on any atom is 0.283 e. The monoisotopic (exact) mass is 201 g/mol. The van der Waals surface area contributed by atoms with Crippen LogP contribution >= 0.6 is 22.5 Å². The van der Waals surface area contributed by atoms with Crippen molar-refractivity contribution in [2.75, 3.05) is 0 Å². The standard InChI is InChI=1S/C7H7NO2S2/c1-5-2-3-7(12-11)6(4-5)8(9)10/h2-4,11H,1H3. The summed E-state index contributed by atoms with van der Waals surface area (Å²) in [6.45, 7) is 1.82. The lowest BCUT2D eigenvalue weighted by atomic mass is 10.2. The molecule has 1 rings (SSSR count). The third-order valence-corrected chi connectivity index (χ3v) is 2.54. The quantitative estimate of drug-likeness (QED) is 0.346. The molecule has 1 aromatic rings. The molecule has 0 aliphatic carbocycles. The third-order valence-electron chi connectivity index (χ3n) is 1.41. The van der Waals surface area contributed by atoms with Gasteiger partial charge in [-0.1, -0.05) is 16.9 Å². The molecule has 64 valence electrons. The van der Waals surface area contributed by atoms with Crippen LogP contribution in [0.15, 0.2) is 23.1 Å². The van der Waals surface area contributed by atoms with Crippen LogP contribution < -0.4 is 0 Å². The van der Waals surface area contributed by atoms with Gasteiger partial charge in [-0.2, -0.15) is 0 Å². The topological polar surface area (TPSA) is 43.1 Å². The Bertz CT molecular complexity index is 314. The molecule has 0 heterocycles. The molecule has 0 amide bonds. The summed E-state index contributed by atoms with van der Waals surface area (Å²) in [4.78, 5) is 10.7. The van der Waals surface area contributed by atoms with Crippen LogP contribution in [0.25, 0.3) is 0 Å². The van der Waals surface area contributed by atoms with E-state index >= 15 is 0 Å². The van der Waals surface area contributed by atoms with Gasteiger partial charge in [0.05, 0.1) is 9.82 Å². The lowest BCUT2D eigenvalue weighted by Gasteiger charge is -1.98. The van der Waals surface area contributed by atoms with Crippen molar-refractivity contribution >= 4 is 28.1 Å². The number of nitro groups is 1. The molecule has 0 unspecified atom stereocenters. The summed E-state index contributed by atoms with van der Waals surface area (Å²) < 4.78 is 0. The van der Waals surface area contributed by atoms with E-state index in [4.69, 9.17) is 0 Å². The molecule has 12 heavy (non-hydrogen) atoms. The van der Waals surface area contributed by atoms with Gasteiger partial charge in [0, 0.05) is 6.07 Å². The van der Waals surface area contributed by atoms with Gasteiger partial charge in [-0.05, 0) is 18.6 Å². The van der Waals surface area contributed by atoms with Gasteiger partial charge in [0.15, 0.2) is 0 Å². The van der Waals surface area contributed by atoms with Crippen LogP contribution in [0.2, 0.25) is 0 Å². The summed E-state index contributed by atoms with van der Waals surface area (Å²) in [5.74, 6) is 0. The number of rotatable bonds is 2. The van der Waals surface area contributed by atoms with E-state index in [2.05, 4.69) is 11.7 Å². The fourth-order valence-electron chi connectivity index (χ4n) is 0.847. The molecule has 1 aromatic carbocycles. The van der Waals surface area contributed by atoms with Crippen LogP contribution in [0.3, 0.4) is 0 Å². The fraction of sp³-hybridized carbons (Fsp3) is 0.143. The number of thiol groups is 1. The molecule has 0 aliphatic rings. The lowest BCUT2D eigenvalue weighted by molar-refractivity contribution is -0.387. The molecule has 0 radical (unpaired) electrons. The van der Waals surface area contributed by atoms with Gasteiger partial charge in [-0.15, -0.1) is 11.7 Å². The van der Waals surface area contributed by atoms with Crippen molar-refractivity contribution in [3.63, 3.8) is 0 Å². The number of aryl methyl sites for hydroxylation is 1. The predicted octanol–water partition coefficient (Wildman–Crippen LogP) is 2.84. The number of hydrogen-bond donors (Lipinski definition) is 1. The summed E-state index contributed by atoms with van der Waals surface area (Å²) in [5.41, 5.74) is 1.00. The van der Waals surface area contributed by atoms with Crippen LogP contribution in [0, 0.1) is 17.0 Å². The van der Waals surface area contributed by atoms with Gasteiger partial charge in [-0.3, -0.25) is 10.1 Å². The average Bonchev–Trinajstić information content (AvgIpc) is 2.04. The summed E-state index contributed by atoms with van der Waals surface area (Å²) in [5, 5.41) is 10.5. The molecule has 0 saturated carbocycles. The highest BCUT2D eigenvalue weighted by molar-refractivity contribution is 8.68. The summed E-state index contributed by atoms with van der Waals surface area (Å²) in [6.07, 6.45) is 0. The van der Waals surface area contributed by atoms with Gasteiger partial charge >= 0.3 is 0 Å². The van der Waals surface area contributed by atoms with Gasteiger partial charge in [-0.25, -0.2) is 0 Å². The van der Waals surface area contributed by atoms with Crippen molar-refractivity contribution in [1.29, 1.82) is 0 Å². The molecule has 0 spiro atoms. The zero-order valence-electron chi connectivity index (χ0n) is 6.35. The second-order valence-corrected chi connectivity index (χ2v) is 3.49. The minimum absolute atomic E-state index is 0.120. The number of nitrogens with zero attached hydrogens (tertiary/aromatic N) is 1. The van der Waals surface area contributed by atoms with E-state index < -0.39 is 4.92 Å². The molecule has 3 nitrogen and oxygen atoms in total. The smallest absolute Gasteiger partial charge is 0.258 e. The Morgan fingerprint density at radius 1 is 1.58 bits per heavy atom. The SMILES string of the molecule is Cc1ccc(SS)c([N+](=O)[O-])c1. The maximum absolute atomic E-state index is 10.5. The Hall–Kier alpha value is -0.680. The predicted molar refractivity (Wildman–Crippen MR) is 52.7 cm³/mol. The van der Waals surface area contributed by atoms with Crippen LogP contribution in [0.5, 0.6) is 0 Å². The second kappa shape index (κ2) is 3.82. The first-order valence-corrected chi connectivity index (χ1v) is 5.08. The van der Waals surface area contributed by atoms with Gasteiger partial charge in [0.1, 0.15) is 0 Å². The second-order valence-electron chi connectivity index (χ2n) is 2.32. The lowest BCUT2D eigenvalue weighted by Crippen LogP contribution is -1.90. The van der Waals surface area contributed by atoms with Gasteiger partial charge in [0.2, 0.25) is 0 Å². The average molecular weight is 201 g/mol. The first-order valence-electron chi connectivity index (χ1n) is 3.21. The molecule has 0 aliphatic heterocycles. The highest BCUT2D eigenvalue weighted by Gasteiger charge is 2.12. The van der Waals surface area contributed by atoms with Gasteiger partial charge < -0.3 is 0 Å². The van der Waals surface area contributed by atoms with Crippen molar-refractivity contribution in [3.05, 3.63) is 33.9 Å². The summed E-state index contributed by atoms with van der Waals surface area (Å²) in [7, 11) is 1.09. The third kappa shape index (κ3) is 1.92. The highest BCUT2D eigenvalue weighted by atomic mass is 33.1. The zero-order chi connectivity index (χ0) is 9.14. The van der Waals surface area contributed by atoms with Crippen LogP contribution in [0.1, 0.15) is 5.56 Å². The van der Waals surface area contributed by atoms with E-state index in [1.165, 1.54) is 0 Å². The first kappa shape index (κ1) is 9.41. The normalized spacial score (nSPS) is 9.83. The van der Waals surface area contributed by atoms with Crippen molar-refractivity contribution in [2.45, 2.75) is 11.8 Å². The van der Waals surface area contributed by atoms with Crippen LogP contribution in [-0.2, 0) is 0 Å². The van der Waals surface area contributed by atoms with E-state index in [9.17, 15) is 10.1 Å². The molecule has 0 aromatic heterocycles. The van der Waals surface area contributed by atoms with E-state index in [0.717, 1.165) is 16.4 Å². The number of benzene rings is 1. The molecular formula is C7H7NO2S2. The summed E-state index contributed by atoms with van der Waals surface area (Å²) in [6, 6.07) is 5.06. The van der Waals surface area contributed by atoms with E-state index in [-0.39, 0.29) is 5.69 Å². The van der Waals surface area contributed by atoms with Crippen molar-refractivity contribution in [1.82, 2.24) is 0 Å². The molecular weight excluding hydrogens is 194 g/mol. The Kier molecular flexibility index (Phi) is 2.99. The molecule has 0 fully saturated rings. The molecule has 0 atom stereocenters. The maximum atomic E-state index is 10.5. The van der Waals surface area contributed by atoms with Crippen molar-refractivity contribution < 1.29 is 4.92 Å². The molecule has 5 heteroatoms. The minimum Gasteiger partial charge on any atom is -0.258 e. The van der Waals surface area contributed by atoms with Crippen LogP contribution in [0.4, 0.5) is 5.69 Å². The number of hydrogen-bond acceptors (Lipinski definition) is 4. The minimum atomic E-state index is -0.397. The summed E-state index contributed by atoms with van der Waals surface area (Å²) >= 11 is 3.92. The van der Waals surface area contributed by atoms with E-state index in [0.29, 0.717) is 4.90 Å². The molecule has 0 saturated heterocycles. The first-order chi connectivity index (χ1) is 5.65. The van der Waals surface area contributed by atoms with Gasteiger partial charge in [0.25, 0.3) is 5.69 Å². The Morgan fingerprint density at radius 3 is 2.75 bits per heavy atom. The number of nitro benzene ring substituents is 1. The molecule has 0 N–H and O–H groups in total. The van der Waals surface area contributed by atoms with Crippen molar-refractivity contribution in [2.24, 2.45) is 0 Å². The Morgan fingerprint density at radius 2 is 2.25 bits per heavy atom. The zero-order valence-corrected chi connectivity index (χ0v) is 8.06.